The fraction of sp³-hybridized carbons (Fsp3) is 0.500. The molecule has 0 radical (unpaired) electrons. The van der Waals surface area contributed by atoms with Crippen molar-refractivity contribution in [3.63, 3.8) is 0 Å². The van der Waals surface area contributed by atoms with Gasteiger partial charge in [0.1, 0.15) is 5.69 Å². The molecular formula is C20H23F3N6O. The number of rotatable bonds is 5. The molecule has 0 unspecified atom stereocenters. The van der Waals surface area contributed by atoms with Gasteiger partial charge in [-0.1, -0.05) is 6.92 Å². The van der Waals surface area contributed by atoms with Gasteiger partial charge in [-0.15, -0.1) is 0 Å². The predicted octanol–water partition coefficient (Wildman–Crippen LogP) is 3.49. The fourth-order valence-electron chi connectivity index (χ4n) is 3.86. The van der Waals surface area contributed by atoms with Crippen LogP contribution in [0.5, 0.6) is 6.01 Å². The van der Waals surface area contributed by atoms with E-state index in [-0.39, 0.29) is 11.6 Å². The first kappa shape index (κ1) is 20.5. The summed E-state index contributed by atoms with van der Waals surface area (Å²) >= 11 is 0. The van der Waals surface area contributed by atoms with E-state index in [1.165, 1.54) is 7.11 Å². The number of hydrogen-bond donors (Lipinski definition) is 0. The molecule has 4 heterocycles. The van der Waals surface area contributed by atoms with Gasteiger partial charge in [0.15, 0.2) is 5.65 Å². The summed E-state index contributed by atoms with van der Waals surface area (Å²) in [5.74, 6) is 0.0470. The molecule has 0 amide bonds. The van der Waals surface area contributed by atoms with E-state index in [1.807, 2.05) is 0 Å². The van der Waals surface area contributed by atoms with E-state index in [4.69, 9.17) is 4.74 Å². The molecule has 4 rings (SSSR count). The van der Waals surface area contributed by atoms with Crippen molar-refractivity contribution in [2.75, 3.05) is 20.2 Å². The number of alkyl halides is 3. The summed E-state index contributed by atoms with van der Waals surface area (Å²) in [7, 11) is 1.52. The van der Waals surface area contributed by atoms with Crippen LogP contribution in [0.4, 0.5) is 13.2 Å². The summed E-state index contributed by atoms with van der Waals surface area (Å²) in [6, 6.07) is 3.10. The Morgan fingerprint density at radius 3 is 2.63 bits per heavy atom. The zero-order valence-corrected chi connectivity index (χ0v) is 16.9. The topological polar surface area (TPSA) is 68.4 Å². The zero-order chi connectivity index (χ0) is 21.3. The van der Waals surface area contributed by atoms with Crippen LogP contribution in [0.2, 0.25) is 0 Å². The molecule has 10 heteroatoms. The number of ether oxygens (including phenoxy) is 1. The molecule has 160 valence electrons. The number of methoxy groups -OCH3 is 1. The third-order valence-electron chi connectivity index (χ3n) is 5.35. The Morgan fingerprint density at radius 1 is 1.20 bits per heavy atom. The highest BCUT2D eigenvalue weighted by Crippen LogP contribution is 2.32. The monoisotopic (exact) mass is 420 g/mol. The number of fused-ring (bicyclic) bond motifs is 1. The van der Waals surface area contributed by atoms with Gasteiger partial charge in [-0.2, -0.15) is 18.3 Å². The molecule has 30 heavy (non-hydrogen) atoms. The van der Waals surface area contributed by atoms with Crippen molar-refractivity contribution in [1.82, 2.24) is 29.5 Å². The molecule has 0 N–H and O–H groups in total. The maximum Gasteiger partial charge on any atom is 0.433 e. The second kappa shape index (κ2) is 8.17. The Bertz CT molecular complexity index is 1020. The molecule has 3 aromatic rings. The average Bonchev–Trinajstić information content (AvgIpc) is 3.17. The van der Waals surface area contributed by atoms with Gasteiger partial charge in [0, 0.05) is 48.7 Å². The summed E-state index contributed by atoms with van der Waals surface area (Å²) in [4.78, 5) is 14.8. The first-order chi connectivity index (χ1) is 14.4. The smallest absolute Gasteiger partial charge is 0.433 e. The Hall–Kier alpha value is -2.75. The summed E-state index contributed by atoms with van der Waals surface area (Å²) in [6.45, 7) is 4.07. The van der Waals surface area contributed by atoms with Crippen molar-refractivity contribution in [2.45, 2.75) is 44.8 Å². The summed E-state index contributed by atoms with van der Waals surface area (Å²) in [5.41, 5.74) is 1.49. The Kier molecular flexibility index (Phi) is 5.59. The lowest BCUT2D eigenvalue weighted by atomic mass is 9.94. The van der Waals surface area contributed by atoms with Crippen LogP contribution in [-0.2, 0) is 19.1 Å². The van der Waals surface area contributed by atoms with Crippen molar-refractivity contribution in [3.05, 3.63) is 47.2 Å². The Morgan fingerprint density at radius 2 is 1.97 bits per heavy atom. The normalized spacial score (nSPS) is 18.1. The van der Waals surface area contributed by atoms with E-state index in [1.54, 1.807) is 25.4 Å². The third kappa shape index (κ3) is 4.23. The van der Waals surface area contributed by atoms with Gasteiger partial charge < -0.3 is 4.74 Å². The molecule has 0 spiro atoms. The van der Waals surface area contributed by atoms with Crippen molar-refractivity contribution in [3.8, 4) is 6.01 Å². The van der Waals surface area contributed by atoms with Gasteiger partial charge >= 0.3 is 12.2 Å². The number of likely N-dealkylation sites (tertiary alicyclic amines) is 1. The second-order valence-corrected chi connectivity index (χ2v) is 7.48. The average molecular weight is 420 g/mol. The second-order valence-electron chi connectivity index (χ2n) is 7.48. The molecule has 1 aliphatic heterocycles. The van der Waals surface area contributed by atoms with Crippen LogP contribution in [0.25, 0.3) is 5.65 Å². The summed E-state index contributed by atoms with van der Waals surface area (Å²) < 4.78 is 46.5. The lowest BCUT2D eigenvalue weighted by molar-refractivity contribution is -0.142. The minimum absolute atomic E-state index is 0.0470. The summed E-state index contributed by atoms with van der Waals surface area (Å²) in [5, 5.41) is 4.31. The number of halogens is 3. The van der Waals surface area contributed by atoms with Crippen LogP contribution in [-0.4, -0.2) is 49.7 Å². The van der Waals surface area contributed by atoms with E-state index in [0.717, 1.165) is 35.5 Å². The van der Waals surface area contributed by atoms with Gasteiger partial charge in [0.25, 0.3) is 0 Å². The predicted molar refractivity (Wildman–Crippen MR) is 103 cm³/mol. The van der Waals surface area contributed by atoms with Crippen LogP contribution in [0.1, 0.15) is 48.3 Å². The van der Waals surface area contributed by atoms with E-state index in [0.29, 0.717) is 36.9 Å². The quantitative estimate of drug-likeness (QED) is 0.630. The van der Waals surface area contributed by atoms with E-state index in [2.05, 4.69) is 25.0 Å². The van der Waals surface area contributed by atoms with Crippen LogP contribution in [0.3, 0.4) is 0 Å². The molecule has 1 aliphatic rings. The molecule has 0 aromatic carbocycles. The number of hydrogen-bond acceptors (Lipinski definition) is 6. The van der Waals surface area contributed by atoms with Gasteiger partial charge in [-0.3, -0.25) is 4.90 Å². The number of aryl methyl sites for hydroxylation is 1. The van der Waals surface area contributed by atoms with Gasteiger partial charge in [0.2, 0.25) is 0 Å². The minimum atomic E-state index is -4.48. The minimum Gasteiger partial charge on any atom is -0.467 e. The maximum atomic E-state index is 13.5. The standard InChI is InChI=1S/C20H23F3N6O/c1-3-15-7-17(20(21,22)23)29-18(26-15)8-16(27-29)14-5-4-6-28(12-14)11-13-9-24-19(30-2)25-10-13/h7-10,14H,3-6,11-12H2,1-2H3/t14-/m1/s1. The SMILES string of the molecule is CCc1cc(C(F)(F)F)n2nc([C@@H]3CCCN(Cc4cnc(OC)nc4)C3)cc2n1. The molecular weight excluding hydrogens is 397 g/mol. The Balaban J connectivity index is 1.57. The molecule has 1 fully saturated rings. The first-order valence-corrected chi connectivity index (χ1v) is 9.91. The summed E-state index contributed by atoms with van der Waals surface area (Å²) in [6.07, 6.45) is 1.22. The molecule has 0 aliphatic carbocycles. The highest BCUT2D eigenvalue weighted by molar-refractivity contribution is 5.43. The number of nitrogens with zero attached hydrogens (tertiary/aromatic N) is 6. The third-order valence-corrected chi connectivity index (χ3v) is 5.35. The van der Waals surface area contributed by atoms with Crippen LogP contribution < -0.4 is 4.74 Å². The van der Waals surface area contributed by atoms with Gasteiger partial charge in [-0.05, 0) is 31.9 Å². The van der Waals surface area contributed by atoms with Crippen molar-refractivity contribution in [2.24, 2.45) is 0 Å². The van der Waals surface area contributed by atoms with Crippen molar-refractivity contribution in [1.29, 1.82) is 0 Å². The lowest BCUT2D eigenvalue weighted by Crippen LogP contribution is -2.34. The van der Waals surface area contributed by atoms with Crippen molar-refractivity contribution < 1.29 is 17.9 Å². The molecule has 3 aromatic heterocycles. The van der Waals surface area contributed by atoms with E-state index >= 15 is 0 Å². The molecule has 7 nitrogen and oxygen atoms in total. The lowest BCUT2D eigenvalue weighted by Gasteiger charge is -2.31. The van der Waals surface area contributed by atoms with Crippen LogP contribution in [0.15, 0.2) is 24.5 Å². The van der Waals surface area contributed by atoms with E-state index < -0.39 is 11.9 Å². The van der Waals surface area contributed by atoms with E-state index in [9.17, 15) is 13.2 Å². The largest absolute Gasteiger partial charge is 0.467 e. The zero-order valence-electron chi connectivity index (χ0n) is 16.9. The maximum absolute atomic E-state index is 13.5. The van der Waals surface area contributed by atoms with Gasteiger partial charge in [-0.25, -0.2) is 19.5 Å². The molecule has 1 atom stereocenters. The highest BCUT2D eigenvalue weighted by Gasteiger charge is 2.35. The molecule has 0 saturated carbocycles. The number of piperidine rings is 1. The van der Waals surface area contributed by atoms with Crippen LogP contribution >= 0.6 is 0 Å². The van der Waals surface area contributed by atoms with Crippen LogP contribution in [0, 0.1) is 0 Å². The fourth-order valence-corrected chi connectivity index (χ4v) is 3.86. The highest BCUT2D eigenvalue weighted by atomic mass is 19.4. The molecule has 1 saturated heterocycles. The number of aromatic nitrogens is 5. The van der Waals surface area contributed by atoms with Crippen molar-refractivity contribution >= 4 is 5.65 Å². The Labute approximate surface area is 171 Å². The first-order valence-electron chi connectivity index (χ1n) is 9.91. The van der Waals surface area contributed by atoms with Gasteiger partial charge in [0.05, 0.1) is 12.8 Å². The molecule has 0 bridgehead atoms.